The van der Waals surface area contributed by atoms with E-state index in [1.54, 1.807) is 29.7 Å². The molecule has 2 aromatic heterocycles. The highest BCUT2D eigenvalue weighted by molar-refractivity contribution is 5.70. The zero-order valence-corrected chi connectivity index (χ0v) is 20.2. The number of amides is 1. The van der Waals surface area contributed by atoms with Crippen molar-refractivity contribution in [3.63, 3.8) is 0 Å². The molecule has 2 aliphatic rings. The molecule has 2 aliphatic carbocycles. The summed E-state index contributed by atoms with van der Waals surface area (Å²) < 4.78 is 13.2. The van der Waals surface area contributed by atoms with Crippen LogP contribution in [0.2, 0.25) is 0 Å². The third kappa shape index (κ3) is 5.48. The Labute approximate surface area is 199 Å². The van der Waals surface area contributed by atoms with Crippen molar-refractivity contribution in [2.24, 2.45) is 24.8 Å². The van der Waals surface area contributed by atoms with Gasteiger partial charge in [0.1, 0.15) is 23.7 Å². The van der Waals surface area contributed by atoms with Crippen LogP contribution in [0, 0.1) is 24.7 Å². The normalized spacial score (nSPS) is 23.9. The molecule has 2 aromatic rings. The van der Waals surface area contributed by atoms with Gasteiger partial charge in [-0.05, 0) is 63.0 Å². The average molecular weight is 472 g/mol. The van der Waals surface area contributed by atoms with Crippen molar-refractivity contribution in [1.29, 1.82) is 0 Å². The second-order valence-corrected chi connectivity index (χ2v) is 9.64. The van der Waals surface area contributed by atoms with Crippen molar-refractivity contribution in [3.8, 4) is 17.1 Å². The molecule has 34 heavy (non-hydrogen) atoms. The van der Waals surface area contributed by atoms with E-state index in [4.69, 9.17) is 9.47 Å². The monoisotopic (exact) mass is 471 g/mol. The SMILES string of the molecule is Cc1nc(-c2nnn(C)c2COC(=O)N(C)CC2C[C@H]2C)ccc1O[C@H]1CCC[C@H](C(=O)O)C1. The van der Waals surface area contributed by atoms with E-state index in [0.717, 1.165) is 19.3 Å². The molecule has 184 valence electrons. The van der Waals surface area contributed by atoms with Crippen LogP contribution in [0.5, 0.6) is 5.75 Å². The molecule has 4 rings (SSSR count). The molecule has 0 spiro atoms. The van der Waals surface area contributed by atoms with E-state index in [9.17, 15) is 14.7 Å². The van der Waals surface area contributed by atoms with Gasteiger partial charge in [-0.25, -0.2) is 14.5 Å². The van der Waals surface area contributed by atoms with Crippen molar-refractivity contribution < 1.29 is 24.2 Å². The third-order valence-electron chi connectivity index (χ3n) is 6.92. The largest absolute Gasteiger partial charge is 0.489 e. The number of pyridine rings is 1. The summed E-state index contributed by atoms with van der Waals surface area (Å²) in [6, 6.07) is 3.63. The Hall–Kier alpha value is -3.17. The first-order valence-electron chi connectivity index (χ1n) is 11.9. The zero-order valence-electron chi connectivity index (χ0n) is 20.2. The van der Waals surface area contributed by atoms with E-state index in [2.05, 4.69) is 22.2 Å². The molecule has 10 heteroatoms. The number of aryl methyl sites for hydroxylation is 2. The lowest BCUT2D eigenvalue weighted by atomic mass is 9.87. The first-order chi connectivity index (χ1) is 16.2. The predicted molar refractivity (Wildman–Crippen MR) is 123 cm³/mol. The number of carboxylic acid groups (broad SMARTS) is 1. The summed E-state index contributed by atoms with van der Waals surface area (Å²) in [4.78, 5) is 30.0. The van der Waals surface area contributed by atoms with Crippen LogP contribution in [0.3, 0.4) is 0 Å². The van der Waals surface area contributed by atoms with E-state index < -0.39 is 5.97 Å². The summed E-state index contributed by atoms with van der Waals surface area (Å²) in [5.41, 5.74) is 2.49. The number of carbonyl (C=O) groups is 2. The Bertz CT molecular complexity index is 1050. The molecule has 0 aliphatic heterocycles. The van der Waals surface area contributed by atoms with Crippen molar-refractivity contribution in [2.45, 2.75) is 58.7 Å². The number of nitrogens with zero attached hydrogens (tertiary/aromatic N) is 5. The molecule has 1 amide bonds. The van der Waals surface area contributed by atoms with Gasteiger partial charge in [-0.15, -0.1) is 5.10 Å². The third-order valence-corrected chi connectivity index (χ3v) is 6.92. The zero-order chi connectivity index (χ0) is 24.4. The van der Waals surface area contributed by atoms with E-state index in [1.807, 2.05) is 13.0 Å². The van der Waals surface area contributed by atoms with Crippen molar-refractivity contribution in [2.75, 3.05) is 13.6 Å². The standard InChI is InChI=1S/C24H33N5O5/c1-14-10-17(14)12-28(3)24(32)33-13-20-22(26-27-29(20)4)19-8-9-21(15(2)25-19)34-18-7-5-6-16(11-18)23(30)31/h8-9,14,16-18H,5-7,10-13H2,1-4H3,(H,30,31)/t14-,16+,17?,18+/m1/s1. The molecule has 0 aromatic carbocycles. The fraction of sp³-hybridized carbons (Fsp3) is 0.625. The minimum Gasteiger partial charge on any atom is -0.489 e. The smallest absolute Gasteiger partial charge is 0.409 e. The predicted octanol–water partition coefficient (Wildman–Crippen LogP) is 3.43. The van der Waals surface area contributed by atoms with Gasteiger partial charge in [0.05, 0.1) is 23.4 Å². The molecule has 2 saturated carbocycles. The van der Waals surface area contributed by atoms with Gasteiger partial charge in [0, 0.05) is 20.6 Å². The molecule has 10 nitrogen and oxygen atoms in total. The van der Waals surface area contributed by atoms with Gasteiger partial charge >= 0.3 is 12.1 Å². The second kappa shape index (κ2) is 9.99. The summed E-state index contributed by atoms with van der Waals surface area (Å²) in [6.07, 6.45) is 3.51. The minimum atomic E-state index is -0.761. The van der Waals surface area contributed by atoms with Crippen LogP contribution in [0.4, 0.5) is 4.79 Å². The van der Waals surface area contributed by atoms with E-state index >= 15 is 0 Å². The Morgan fingerprint density at radius 3 is 2.71 bits per heavy atom. The molecule has 0 saturated heterocycles. The van der Waals surface area contributed by atoms with Crippen molar-refractivity contribution in [3.05, 3.63) is 23.5 Å². The summed E-state index contributed by atoms with van der Waals surface area (Å²) in [5.74, 6) is 0.738. The fourth-order valence-corrected chi connectivity index (χ4v) is 4.52. The van der Waals surface area contributed by atoms with E-state index in [-0.39, 0.29) is 24.7 Å². The summed E-state index contributed by atoms with van der Waals surface area (Å²) in [7, 11) is 3.51. The number of aliphatic carboxylic acids is 1. The lowest BCUT2D eigenvalue weighted by molar-refractivity contribution is -0.143. The molecule has 2 heterocycles. The number of carbonyl (C=O) groups excluding carboxylic acids is 1. The Balaban J connectivity index is 1.41. The first-order valence-corrected chi connectivity index (χ1v) is 11.9. The van der Waals surface area contributed by atoms with Crippen LogP contribution < -0.4 is 4.74 Å². The molecule has 2 fully saturated rings. The molecule has 0 bridgehead atoms. The van der Waals surface area contributed by atoms with Crippen molar-refractivity contribution in [1.82, 2.24) is 24.9 Å². The molecule has 1 unspecified atom stereocenters. The molecular formula is C24H33N5O5. The number of rotatable bonds is 8. The van der Waals surface area contributed by atoms with Crippen LogP contribution in [0.25, 0.3) is 11.4 Å². The van der Waals surface area contributed by atoms with Gasteiger partial charge in [0.25, 0.3) is 0 Å². The Morgan fingerprint density at radius 1 is 1.26 bits per heavy atom. The van der Waals surface area contributed by atoms with Gasteiger partial charge < -0.3 is 19.5 Å². The number of carboxylic acids is 1. The fourth-order valence-electron chi connectivity index (χ4n) is 4.52. The van der Waals surface area contributed by atoms with Crippen LogP contribution in [-0.2, 0) is 23.2 Å². The highest BCUT2D eigenvalue weighted by atomic mass is 16.6. The minimum absolute atomic E-state index is 0.0415. The second-order valence-electron chi connectivity index (χ2n) is 9.64. The van der Waals surface area contributed by atoms with Crippen LogP contribution in [0.15, 0.2) is 12.1 Å². The molecule has 4 atom stereocenters. The van der Waals surface area contributed by atoms with E-state index in [1.165, 1.54) is 0 Å². The summed E-state index contributed by atoms with van der Waals surface area (Å²) in [6.45, 7) is 4.78. The van der Waals surface area contributed by atoms with Crippen LogP contribution in [0.1, 0.15) is 50.4 Å². The Kier molecular flexibility index (Phi) is 7.04. The highest BCUT2D eigenvalue weighted by Gasteiger charge is 2.34. The number of aromatic nitrogens is 4. The van der Waals surface area contributed by atoms with Gasteiger partial charge in [-0.3, -0.25) is 4.79 Å². The van der Waals surface area contributed by atoms with Gasteiger partial charge in [0.15, 0.2) is 0 Å². The lowest BCUT2D eigenvalue weighted by Gasteiger charge is -2.27. The topological polar surface area (TPSA) is 120 Å². The van der Waals surface area contributed by atoms with Gasteiger partial charge in [0.2, 0.25) is 0 Å². The van der Waals surface area contributed by atoms with Gasteiger partial charge in [-0.2, -0.15) is 0 Å². The highest BCUT2D eigenvalue weighted by Crippen LogP contribution is 2.38. The number of hydrogen-bond acceptors (Lipinski definition) is 7. The quantitative estimate of drug-likeness (QED) is 0.622. The van der Waals surface area contributed by atoms with Crippen molar-refractivity contribution >= 4 is 12.1 Å². The average Bonchev–Trinajstić information content (AvgIpc) is 3.37. The van der Waals surface area contributed by atoms with Crippen LogP contribution in [-0.4, -0.2) is 61.7 Å². The maximum atomic E-state index is 12.4. The van der Waals surface area contributed by atoms with E-state index in [0.29, 0.717) is 59.7 Å². The lowest BCUT2D eigenvalue weighted by Crippen LogP contribution is -2.30. The number of hydrogen-bond donors (Lipinski definition) is 1. The maximum Gasteiger partial charge on any atom is 0.409 e. The van der Waals surface area contributed by atoms with Gasteiger partial charge in [-0.1, -0.05) is 12.1 Å². The molecule has 0 radical (unpaired) electrons. The Morgan fingerprint density at radius 2 is 2.03 bits per heavy atom. The maximum absolute atomic E-state index is 12.4. The molecule has 1 N–H and O–H groups in total. The molecular weight excluding hydrogens is 438 g/mol. The summed E-state index contributed by atoms with van der Waals surface area (Å²) >= 11 is 0. The number of ether oxygens (including phenoxy) is 2. The first kappa shape index (κ1) is 24.0. The summed E-state index contributed by atoms with van der Waals surface area (Å²) in [5, 5.41) is 17.6. The van der Waals surface area contributed by atoms with Crippen LogP contribution >= 0.6 is 0 Å².